The van der Waals surface area contributed by atoms with Gasteiger partial charge in [0.05, 0.1) is 4.92 Å². The van der Waals surface area contributed by atoms with E-state index in [1.165, 1.54) is 18.2 Å². The lowest BCUT2D eigenvalue weighted by Crippen LogP contribution is -2.27. The van der Waals surface area contributed by atoms with Crippen LogP contribution in [0.25, 0.3) is 0 Å². The summed E-state index contributed by atoms with van der Waals surface area (Å²) in [5, 5.41) is 28.7. The summed E-state index contributed by atoms with van der Waals surface area (Å²) in [6, 6.07) is 4.05. The molecule has 106 valence electrons. The molecular formula is C12H12N2O6. The number of aliphatic imine (C=N–C) groups is 1. The molecular weight excluding hydrogens is 268 g/mol. The zero-order valence-corrected chi connectivity index (χ0v) is 10.7. The molecule has 0 fully saturated rings. The topological polar surface area (TPSA) is 130 Å². The summed E-state index contributed by atoms with van der Waals surface area (Å²) < 4.78 is 0. The van der Waals surface area contributed by atoms with Crippen LogP contribution in [-0.2, 0) is 9.59 Å². The van der Waals surface area contributed by atoms with Gasteiger partial charge >= 0.3 is 11.9 Å². The van der Waals surface area contributed by atoms with Crippen LogP contribution in [0.2, 0.25) is 0 Å². The molecule has 0 aliphatic heterocycles. The fourth-order valence-electron chi connectivity index (χ4n) is 1.45. The molecule has 1 unspecified atom stereocenters. The van der Waals surface area contributed by atoms with Gasteiger partial charge in [-0.2, -0.15) is 0 Å². The number of aliphatic carboxylic acids is 2. The van der Waals surface area contributed by atoms with E-state index in [0.29, 0.717) is 5.56 Å². The Hall–Kier alpha value is -2.77. The Kier molecular flexibility index (Phi) is 4.52. The summed E-state index contributed by atoms with van der Waals surface area (Å²) in [6.07, 6.45) is 0. The number of aryl methyl sites for hydroxylation is 1. The second-order valence-electron chi connectivity index (χ2n) is 4.11. The highest BCUT2D eigenvalue weighted by Gasteiger charge is 2.26. The second-order valence-corrected chi connectivity index (χ2v) is 4.11. The zero-order chi connectivity index (χ0) is 15.4. The van der Waals surface area contributed by atoms with Gasteiger partial charge in [-0.05, 0) is 25.5 Å². The first-order valence-corrected chi connectivity index (χ1v) is 5.53. The van der Waals surface area contributed by atoms with Crippen LogP contribution in [0.1, 0.15) is 12.5 Å². The Bertz CT molecular complexity index is 608. The number of benzene rings is 1. The van der Waals surface area contributed by atoms with E-state index in [4.69, 9.17) is 10.2 Å². The molecule has 0 radical (unpaired) electrons. The quantitative estimate of drug-likeness (QED) is 0.480. The maximum Gasteiger partial charge on any atom is 0.351 e. The third-order valence-electron chi connectivity index (χ3n) is 2.57. The van der Waals surface area contributed by atoms with E-state index in [1.54, 1.807) is 6.92 Å². The Morgan fingerprint density at radius 1 is 1.35 bits per heavy atom. The van der Waals surface area contributed by atoms with Crippen molar-refractivity contribution in [1.29, 1.82) is 0 Å². The number of nitro benzene ring substituents is 1. The van der Waals surface area contributed by atoms with Crippen molar-refractivity contribution in [2.75, 3.05) is 0 Å². The molecule has 0 aromatic heterocycles. The van der Waals surface area contributed by atoms with E-state index in [-0.39, 0.29) is 11.4 Å². The predicted octanol–water partition coefficient (Wildman–Crippen LogP) is 1.78. The van der Waals surface area contributed by atoms with E-state index < -0.39 is 28.5 Å². The third-order valence-corrected chi connectivity index (χ3v) is 2.57. The van der Waals surface area contributed by atoms with Gasteiger partial charge in [-0.3, -0.25) is 14.9 Å². The highest BCUT2D eigenvalue weighted by molar-refractivity contribution is 6.40. The minimum absolute atomic E-state index is 0.189. The van der Waals surface area contributed by atoms with Crippen LogP contribution in [0.4, 0.5) is 11.4 Å². The molecule has 0 heterocycles. The molecule has 0 saturated heterocycles. The summed E-state index contributed by atoms with van der Waals surface area (Å²) in [6.45, 7) is 2.79. The molecule has 0 saturated carbocycles. The van der Waals surface area contributed by atoms with Gasteiger partial charge in [-0.1, -0.05) is 6.07 Å². The molecule has 2 N–H and O–H groups in total. The van der Waals surface area contributed by atoms with Crippen molar-refractivity contribution < 1.29 is 24.7 Å². The number of nitrogens with zero attached hydrogens (tertiary/aromatic N) is 2. The Morgan fingerprint density at radius 3 is 2.40 bits per heavy atom. The average Bonchev–Trinajstić information content (AvgIpc) is 2.35. The Labute approximate surface area is 113 Å². The van der Waals surface area contributed by atoms with Crippen LogP contribution >= 0.6 is 0 Å². The summed E-state index contributed by atoms with van der Waals surface area (Å²) in [5.74, 6) is -4.29. The van der Waals surface area contributed by atoms with Crippen LogP contribution in [0, 0.1) is 23.0 Å². The van der Waals surface area contributed by atoms with E-state index in [9.17, 15) is 19.7 Å². The predicted molar refractivity (Wildman–Crippen MR) is 69.4 cm³/mol. The lowest BCUT2D eigenvalue weighted by atomic mass is 10.1. The first kappa shape index (κ1) is 15.3. The molecule has 1 rings (SSSR count). The highest BCUT2D eigenvalue weighted by atomic mass is 16.6. The van der Waals surface area contributed by atoms with Gasteiger partial charge in [0.2, 0.25) is 0 Å². The first-order valence-electron chi connectivity index (χ1n) is 5.53. The minimum Gasteiger partial charge on any atom is -0.481 e. The molecule has 0 amide bonds. The molecule has 0 spiro atoms. The maximum atomic E-state index is 11.0. The van der Waals surface area contributed by atoms with E-state index in [1.807, 2.05) is 0 Å². The molecule has 1 aromatic carbocycles. The third kappa shape index (κ3) is 3.37. The number of carboxylic acid groups (broad SMARTS) is 2. The molecule has 0 aliphatic carbocycles. The van der Waals surface area contributed by atoms with Crippen LogP contribution in [-0.4, -0.2) is 32.8 Å². The summed E-state index contributed by atoms with van der Waals surface area (Å²) in [7, 11) is 0. The summed E-state index contributed by atoms with van der Waals surface area (Å²) >= 11 is 0. The lowest BCUT2D eigenvalue weighted by molar-refractivity contribution is -0.384. The number of carbonyl (C=O) groups is 2. The number of nitro groups is 1. The number of rotatable bonds is 5. The van der Waals surface area contributed by atoms with E-state index >= 15 is 0 Å². The smallest absolute Gasteiger partial charge is 0.351 e. The van der Waals surface area contributed by atoms with Crippen molar-refractivity contribution in [3.8, 4) is 0 Å². The maximum absolute atomic E-state index is 11.0. The number of hydrogen-bond acceptors (Lipinski definition) is 5. The first-order chi connectivity index (χ1) is 9.23. The summed E-state index contributed by atoms with van der Waals surface area (Å²) in [4.78, 5) is 35.7. The van der Waals surface area contributed by atoms with Crippen LogP contribution in [0.15, 0.2) is 23.2 Å². The van der Waals surface area contributed by atoms with E-state index in [2.05, 4.69) is 4.99 Å². The lowest BCUT2D eigenvalue weighted by Gasteiger charge is -2.06. The standard InChI is InChI=1S/C12H12N2O6/c1-6-3-4-8(9(5-6)14(19)20)13-10(12(17)18)7(2)11(15)16/h3-5,7H,1-2H3,(H,15,16)(H,17,18). The van der Waals surface area contributed by atoms with Crippen molar-refractivity contribution >= 4 is 29.0 Å². The minimum atomic E-state index is -1.53. The van der Waals surface area contributed by atoms with Gasteiger partial charge in [0, 0.05) is 6.07 Å². The number of hydrogen-bond donors (Lipinski definition) is 2. The van der Waals surface area contributed by atoms with Crippen molar-refractivity contribution in [3.63, 3.8) is 0 Å². The van der Waals surface area contributed by atoms with Crippen LogP contribution in [0.5, 0.6) is 0 Å². The zero-order valence-electron chi connectivity index (χ0n) is 10.7. The molecule has 0 aliphatic rings. The molecule has 0 bridgehead atoms. The van der Waals surface area contributed by atoms with Crippen molar-refractivity contribution in [2.45, 2.75) is 13.8 Å². The fraction of sp³-hybridized carbons (Fsp3) is 0.250. The average molecular weight is 280 g/mol. The monoisotopic (exact) mass is 280 g/mol. The molecule has 20 heavy (non-hydrogen) atoms. The second kappa shape index (κ2) is 5.91. The van der Waals surface area contributed by atoms with Gasteiger partial charge in [-0.15, -0.1) is 0 Å². The fourth-order valence-corrected chi connectivity index (χ4v) is 1.45. The van der Waals surface area contributed by atoms with Gasteiger partial charge < -0.3 is 10.2 Å². The van der Waals surface area contributed by atoms with E-state index in [0.717, 1.165) is 6.92 Å². The Balaban J connectivity index is 3.42. The van der Waals surface area contributed by atoms with Gasteiger partial charge in [0.15, 0.2) is 0 Å². The summed E-state index contributed by atoms with van der Waals surface area (Å²) in [5.41, 5.74) is -0.615. The molecule has 8 nitrogen and oxygen atoms in total. The van der Waals surface area contributed by atoms with Crippen molar-refractivity contribution in [3.05, 3.63) is 33.9 Å². The largest absolute Gasteiger partial charge is 0.481 e. The van der Waals surface area contributed by atoms with Crippen molar-refractivity contribution in [2.24, 2.45) is 10.9 Å². The van der Waals surface area contributed by atoms with Crippen molar-refractivity contribution in [1.82, 2.24) is 0 Å². The van der Waals surface area contributed by atoms with Gasteiger partial charge in [0.1, 0.15) is 17.3 Å². The van der Waals surface area contributed by atoms with Crippen LogP contribution in [0.3, 0.4) is 0 Å². The Morgan fingerprint density at radius 2 is 1.95 bits per heavy atom. The van der Waals surface area contributed by atoms with Gasteiger partial charge in [0.25, 0.3) is 5.69 Å². The van der Waals surface area contributed by atoms with Crippen LogP contribution < -0.4 is 0 Å². The SMILES string of the molecule is Cc1ccc(N=C(C(=O)O)C(C)C(=O)O)c([N+](=O)[O-])c1. The molecule has 8 heteroatoms. The molecule has 1 atom stereocenters. The normalized spacial score (nSPS) is 12.8. The molecule has 1 aromatic rings. The number of carboxylic acids is 2. The van der Waals surface area contributed by atoms with Gasteiger partial charge in [-0.25, -0.2) is 9.79 Å². The highest BCUT2D eigenvalue weighted by Crippen LogP contribution is 2.29.